The van der Waals surface area contributed by atoms with E-state index in [0.717, 1.165) is 30.6 Å². The van der Waals surface area contributed by atoms with E-state index in [0.29, 0.717) is 17.7 Å². The van der Waals surface area contributed by atoms with Crippen molar-refractivity contribution in [2.24, 2.45) is 0 Å². The van der Waals surface area contributed by atoms with Crippen LogP contribution in [0.3, 0.4) is 0 Å². The molecule has 1 heterocycles. The third kappa shape index (κ3) is 3.33. The molecule has 18 heavy (non-hydrogen) atoms. The molecule has 102 valence electrons. The normalized spacial score (nSPS) is 11.0. The van der Waals surface area contributed by atoms with Crippen LogP contribution in [0.5, 0.6) is 0 Å². The van der Waals surface area contributed by atoms with Crippen LogP contribution >= 0.6 is 11.6 Å². The highest BCUT2D eigenvalue weighted by Gasteiger charge is 2.20. The summed E-state index contributed by atoms with van der Waals surface area (Å²) < 4.78 is 0. The first-order valence-electron chi connectivity index (χ1n) is 6.56. The van der Waals surface area contributed by atoms with Crippen LogP contribution in [0.1, 0.15) is 39.2 Å². The second-order valence-electron chi connectivity index (χ2n) is 4.21. The number of aliphatic hydroxyl groups excluding tert-OH is 1. The second-order valence-corrected chi connectivity index (χ2v) is 4.57. The smallest absolute Gasteiger partial charge is 0.137 e. The van der Waals surface area contributed by atoms with Gasteiger partial charge in [-0.2, -0.15) is 0 Å². The molecule has 0 bridgehead atoms. The largest absolute Gasteiger partial charge is 0.395 e. The first-order chi connectivity index (χ1) is 8.69. The number of rotatable bonds is 7. The molecule has 1 aromatic rings. The average Bonchev–Trinajstić information content (AvgIpc) is 2.38. The van der Waals surface area contributed by atoms with Crippen LogP contribution in [0, 0.1) is 0 Å². The Morgan fingerprint density at radius 2 is 1.94 bits per heavy atom. The molecule has 0 amide bonds. The summed E-state index contributed by atoms with van der Waals surface area (Å²) >= 11 is 6.12. The molecule has 0 atom stereocenters. The zero-order valence-corrected chi connectivity index (χ0v) is 12.1. The van der Waals surface area contributed by atoms with E-state index in [4.69, 9.17) is 11.6 Å². The summed E-state index contributed by atoms with van der Waals surface area (Å²) in [4.78, 5) is 10.5. The van der Waals surface area contributed by atoms with Crippen molar-refractivity contribution in [1.29, 1.82) is 0 Å². The van der Waals surface area contributed by atoms with Gasteiger partial charge in [-0.25, -0.2) is 9.97 Å². The van der Waals surface area contributed by atoms with Crippen molar-refractivity contribution in [2.75, 3.05) is 18.1 Å². The van der Waals surface area contributed by atoms with Crippen molar-refractivity contribution < 1.29 is 5.11 Å². The van der Waals surface area contributed by atoms with E-state index in [1.165, 1.54) is 6.33 Å². The molecule has 4 nitrogen and oxygen atoms in total. The fourth-order valence-electron chi connectivity index (χ4n) is 2.23. The maximum absolute atomic E-state index is 9.25. The molecule has 1 aromatic heterocycles. The van der Waals surface area contributed by atoms with Gasteiger partial charge in [0.05, 0.1) is 6.61 Å². The number of aromatic nitrogens is 2. The first-order valence-corrected chi connectivity index (χ1v) is 6.94. The predicted octanol–water partition coefficient (Wildman–Crippen LogP) is 2.68. The number of hydrogen-bond acceptors (Lipinski definition) is 4. The third-order valence-corrected chi connectivity index (χ3v) is 3.55. The van der Waals surface area contributed by atoms with Gasteiger partial charge in [0, 0.05) is 18.2 Å². The van der Waals surface area contributed by atoms with E-state index in [-0.39, 0.29) is 6.61 Å². The van der Waals surface area contributed by atoms with E-state index in [1.54, 1.807) is 0 Å². The molecule has 1 N–H and O–H groups in total. The van der Waals surface area contributed by atoms with Gasteiger partial charge in [0.2, 0.25) is 0 Å². The summed E-state index contributed by atoms with van der Waals surface area (Å²) in [6.07, 6.45) is 4.31. The molecular formula is C13H22ClN3O. The lowest BCUT2D eigenvalue weighted by molar-refractivity contribution is 0.295. The summed E-state index contributed by atoms with van der Waals surface area (Å²) in [7, 11) is 0. The van der Waals surface area contributed by atoms with Gasteiger partial charge in [0.1, 0.15) is 17.3 Å². The molecule has 0 aliphatic carbocycles. The van der Waals surface area contributed by atoms with Gasteiger partial charge in [0.15, 0.2) is 0 Å². The van der Waals surface area contributed by atoms with E-state index < -0.39 is 0 Å². The summed E-state index contributed by atoms with van der Waals surface area (Å²) in [5, 5.41) is 9.76. The third-order valence-electron chi connectivity index (χ3n) is 3.22. The van der Waals surface area contributed by atoms with Gasteiger partial charge in [-0.05, 0) is 19.3 Å². The summed E-state index contributed by atoms with van der Waals surface area (Å²) in [6.45, 7) is 7.02. The number of anilines is 1. The number of nitrogens with zero attached hydrogens (tertiary/aromatic N) is 3. The van der Waals surface area contributed by atoms with Gasteiger partial charge in [-0.1, -0.05) is 32.4 Å². The van der Waals surface area contributed by atoms with Crippen LogP contribution < -0.4 is 4.90 Å². The minimum absolute atomic E-state index is 0.112. The Hall–Kier alpha value is -0.870. The molecule has 5 heteroatoms. The maximum atomic E-state index is 9.25. The van der Waals surface area contributed by atoms with E-state index in [1.807, 2.05) is 6.92 Å². The topological polar surface area (TPSA) is 49.2 Å². The van der Waals surface area contributed by atoms with E-state index in [9.17, 15) is 5.11 Å². The van der Waals surface area contributed by atoms with Gasteiger partial charge in [0.25, 0.3) is 0 Å². The zero-order valence-electron chi connectivity index (χ0n) is 11.4. The van der Waals surface area contributed by atoms with Crippen LogP contribution in [-0.2, 0) is 6.42 Å². The number of hydrogen-bond donors (Lipinski definition) is 1. The van der Waals surface area contributed by atoms with Crippen LogP contribution in [-0.4, -0.2) is 34.3 Å². The number of aliphatic hydroxyl groups is 1. The molecule has 1 rings (SSSR count). The van der Waals surface area contributed by atoms with E-state index in [2.05, 4.69) is 28.7 Å². The minimum atomic E-state index is 0.112. The molecule has 0 spiro atoms. The van der Waals surface area contributed by atoms with Crippen LogP contribution in [0.4, 0.5) is 5.82 Å². The van der Waals surface area contributed by atoms with Crippen LogP contribution in [0.15, 0.2) is 6.33 Å². The zero-order chi connectivity index (χ0) is 13.5. The molecule has 0 unspecified atom stereocenters. The fraction of sp³-hybridized carbons (Fsp3) is 0.692. The molecular weight excluding hydrogens is 250 g/mol. The van der Waals surface area contributed by atoms with Crippen molar-refractivity contribution in [3.8, 4) is 0 Å². The molecule has 0 aromatic carbocycles. The molecule has 0 saturated carbocycles. The Kier molecular flexibility index (Phi) is 6.36. The molecule has 0 radical (unpaired) electrons. The van der Waals surface area contributed by atoms with Gasteiger partial charge >= 0.3 is 0 Å². The maximum Gasteiger partial charge on any atom is 0.137 e. The Bertz CT molecular complexity index is 369. The molecule has 0 aliphatic heterocycles. The minimum Gasteiger partial charge on any atom is -0.395 e. The lowest BCUT2D eigenvalue weighted by Gasteiger charge is -2.32. The highest BCUT2D eigenvalue weighted by molar-refractivity contribution is 6.30. The highest BCUT2D eigenvalue weighted by Crippen LogP contribution is 2.26. The van der Waals surface area contributed by atoms with Crippen molar-refractivity contribution in [2.45, 2.75) is 46.1 Å². The monoisotopic (exact) mass is 271 g/mol. The van der Waals surface area contributed by atoms with Crippen molar-refractivity contribution in [3.63, 3.8) is 0 Å². The second kappa shape index (κ2) is 7.54. The average molecular weight is 272 g/mol. The predicted molar refractivity (Wildman–Crippen MR) is 75.2 cm³/mol. The SMILES string of the molecule is CCc1c(Cl)ncnc1N(CCO)C(CC)CC. The molecule has 0 aliphatic rings. The van der Waals surface area contributed by atoms with Crippen molar-refractivity contribution in [3.05, 3.63) is 17.0 Å². The van der Waals surface area contributed by atoms with Crippen LogP contribution in [0.25, 0.3) is 0 Å². The quantitative estimate of drug-likeness (QED) is 0.775. The van der Waals surface area contributed by atoms with Gasteiger partial charge in [-0.3, -0.25) is 0 Å². The standard InChI is InChI=1S/C13H22ClN3O/c1-4-10(5-2)17(7-8-18)13-11(6-3)12(14)15-9-16-13/h9-10,18H,4-8H2,1-3H3. The summed E-state index contributed by atoms with van der Waals surface area (Å²) in [5.74, 6) is 0.861. The lowest BCUT2D eigenvalue weighted by atomic mass is 10.1. The van der Waals surface area contributed by atoms with Gasteiger partial charge < -0.3 is 10.0 Å². The Labute approximate surface area is 114 Å². The highest BCUT2D eigenvalue weighted by atomic mass is 35.5. The van der Waals surface area contributed by atoms with Gasteiger partial charge in [-0.15, -0.1) is 0 Å². The first kappa shape index (κ1) is 15.2. The Morgan fingerprint density at radius 3 is 2.44 bits per heavy atom. The Morgan fingerprint density at radius 1 is 1.28 bits per heavy atom. The summed E-state index contributed by atoms with van der Waals surface area (Å²) in [5.41, 5.74) is 0.958. The lowest BCUT2D eigenvalue weighted by Crippen LogP contribution is -2.38. The van der Waals surface area contributed by atoms with Crippen molar-refractivity contribution >= 4 is 17.4 Å². The van der Waals surface area contributed by atoms with Crippen LogP contribution in [0.2, 0.25) is 5.15 Å². The molecule has 0 saturated heterocycles. The Balaban J connectivity index is 3.16. The molecule has 0 fully saturated rings. The number of halogens is 1. The summed E-state index contributed by atoms with van der Waals surface area (Å²) in [6, 6.07) is 0.369. The van der Waals surface area contributed by atoms with Crippen molar-refractivity contribution in [1.82, 2.24) is 9.97 Å². The fourth-order valence-corrected chi connectivity index (χ4v) is 2.49. The van der Waals surface area contributed by atoms with E-state index >= 15 is 0 Å².